The van der Waals surface area contributed by atoms with Crippen molar-refractivity contribution >= 4 is 23.8 Å². The molecule has 0 N–H and O–H groups in total. The Morgan fingerprint density at radius 2 is 1.75 bits per heavy atom. The minimum absolute atomic E-state index is 0.0678. The smallest absolute Gasteiger partial charge is 0.303 e. The summed E-state index contributed by atoms with van der Waals surface area (Å²) in [6.07, 6.45) is 0.805. The van der Waals surface area contributed by atoms with Crippen LogP contribution in [0, 0.1) is 0 Å². The van der Waals surface area contributed by atoms with Gasteiger partial charge in [0.05, 0.1) is 0 Å². The summed E-state index contributed by atoms with van der Waals surface area (Å²) >= 11 is 0. The van der Waals surface area contributed by atoms with Crippen LogP contribution in [0.2, 0.25) is 0 Å². The number of piperidine rings is 2. The summed E-state index contributed by atoms with van der Waals surface area (Å²) in [7, 11) is 0. The van der Waals surface area contributed by atoms with Gasteiger partial charge in [0.1, 0.15) is 18.8 Å². The minimum atomic E-state index is -0.857. The van der Waals surface area contributed by atoms with Gasteiger partial charge in [0.25, 0.3) is 0 Å². The normalized spacial score (nSPS) is 29.5. The van der Waals surface area contributed by atoms with Crippen LogP contribution in [0.1, 0.15) is 46.5 Å². The Morgan fingerprint density at radius 3 is 2.33 bits per heavy atom. The zero-order chi connectivity index (χ0) is 17.9. The van der Waals surface area contributed by atoms with Crippen molar-refractivity contribution in [3.63, 3.8) is 0 Å². The van der Waals surface area contributed by atoms with Gasteiger partial charge in [-0.25, -0.2) is 0 Å². The quantitative estimate of drug-likeness (QED) is 0.544. The third-order valence-corrected chi connectivity index (χ3v) is 4.29. The molecular formula is C16H23NO7. The molecule has 2 aliphatic heterocycles. The maximum atomic E-state index is 12.4. The third-order valence-electron chi connectivity index (χ3n) is 4.29. The second-order valence-corrected chi connectivity index (χ2v) is 6.17. The second-order valence-electron chi connectivity index (χ2n) is 6.17. The van der Waals surface area contributed by atoms with Gasteiger partial charge in [0.15, 0.2) is 6.10 Å². The van der Waals surface area contributed by atoms with E-state index in [1.165, 1.54) is 20.8 Å². The maximum absolute atomic E-state index is 12.4. The predicted molar refractivity (Wildman–Crippen MR) is 80.6 cm³/mol. The summed E-state index contributed by atoms with van der Waals surface area (Å²) in [5.74, 6) is -1.60. The summed E-state index contributed by atoms with van der Waals surface area (Å²) in [6.45, 7) is 3.69. The first-order valence-corrected chi connectivity index (χ1v) is 8.08. The maximum Gasteiger partial charge on any atom is 0.303 e. The van der Waals surface area contributed by atoms with Crippen molar-refractivity contribution in [2.45, 2.75) is 70.7 Å². The van der Waals surface area contributed by atoms with E-state index >= 15 is 0 Å². The van der Waals surface area contributed by atoms with E-state index in [9.17, 15) is 19.2 Å². The molecule has 0 aromatic heterocycles. The number of nitrogens with zero attached hydrogens (tertiary/aromatic N) is 1. The summed E-state index contributed by atoms with van der Waals surface area (Å²) in [5.41, 5.74) is 0. The van der Waals surface area contributed by atoms with Gasteiger partial charge in [-0.3, -0.25) is 19.2 Å². The van der Waals surface area contributed by atoms with Crippen LogP contribution in [0.4, 0.5) is 0 Å². The highest BCUT2D eigenvalue weighted by atomic mass is 16.6. The first-order chi connectivity index (χ1) is 11.3. The first kappa shape index (κ1) is 18.2. The number of carbonyl (C=O) groups is 4. The molecule has 0 radical (unpaired) electrons. The Balaban J connectivity index is 2.31. The van der Waals surface area contributed by atoms with Crippen LogP contribution in [-0.4, -0.2) is 59.6 Å². The van der Waals surface area contributed by atoms with Gasteiger partial charge in [0.2, 0.25) is 5.91 Å². The molecular weight excluding hydrogens is 318 g/mol. The Bertz CT molecular complexity index is 533. The lowest BCUT2D eigenvalue weighted by Gasteiger charge is -2.50. The van der Waals surface area contributed by atoms with E-state index in [0.717, 1.165) is 12.8 Å². The van der Waals surface area contributed by atoms with Crippen molar-refractivity contribution < 1.29 is 33.4 Å². The standard InChI is InChI=1S/C16H23NO7/c1-9(18)22-8-13-16(24-11(3)20)14(23-10(2)19)7-12-5-4-6-15(21)17(12)13/h12-14,16H,4-8H2,1-3H3/t12-,13-,14+,16+/m0/s1. The lowest BCUT2D eigenvalue weighted by atomic mass is 9.85. The SMILES string of the molecule is CC(=O)OC[C@H]1[C@@H](OC(C)=O)[C@H](OC(C)=O)C[C@@H]2CCCC(=O)N21. The van der Waals surface area contributed by atoms with E-state index in [1.54, 1.807) is 4.90 Å². The van der Waals surface area contributed by atoms with E-state index in [2.05, 4.69) is 0 Å². The van der Waals surface area contributed by atoms with Gasteiger partial charge in [-0.1, -0.05) is 0 Å². The van der Waals surface area contributed by atoms with Gasteiger partial charge in [-0.15, -0.1) is 0 Å². The number of amides is 1. The highest BCUT2D eigenvalue weighted by Gasteiger charge is 2.49. The number of ether oxygens (including phenoxy) is 3. The highest BCUT2D eigenvalue weighted by molar-refractivity contribution is 5.78. The zero-order valence-corrected chi connectivity index (χ0v) is 14.1. The van der Waals surface area contributed by atoms with Crippen molar-refractivity contribution in [2.75, 3.05) is 6.61 Å². The lowest BCUT2D eigenvalue weighted by molar-refractivity contribution is -0.193. The number of rotatable bonds is 4. The van der Waals surface area contributed by atoms with Crippen LogP contribution in [0.25, 0.3) is 0 Å². The van der Waals surface area contributed by atoms with Crippen molar-refractivity contribution in [3.05, 3.63) is 0 Å². The van der Waals surface area contributed by atoms with Crippen molar-refractivity contribution in [1.82, 2.24) is 4.90 Å². The molecule has 2 aliphatic rings. The van der Waals surface area contributed by atoms with Gasteiger partial charge in [-0.2, -0.15) is 0 Å². The van der Waals surface area contributed by atoms with Gasteiger partial charge < -0.3 is 19.1 Å². The summed E-state index contributed by atoms with van der Waals surface area (Å²) in [6, 6.07) is -0.781. The second kappa shape index (κ2) is 7.63. The first-order valence-electron chi connectivity index (χ1n) is 8.08. The Hall–Kier alpha value is -2.12. The molecule has 0 bridgehead atoms. The van der Waals surface area contributed by atoms with Gasteiger partial charge in [-0.05, 0) is 12.8 Å². The lowest BCUT2D eigenvalue weighted by Crippen LogP contribution is -2.65. The molecule has 4 atom stereocenters. The van der Waals surface area contributed by atoms with Crippen molar-refractivity contribution in [2.24, 2.45) is 0 Å². The molecule has 0 aromatic carbocycles. The summed E-state index contributed by atoms with van der Waals surface area (Å²) in [4.78, 5) is 48.1. The molecule has 0 saturated carbocycles. The van der Waals surface area contributed by atoms with Crippen LogP contribution in [-0.2, 0) is 33.4 Å². The molecule has 0 spiro atoms. The van der Waals surface area contributed by atoms with Gasteiger partial charge in [0, 0.05) is 39.7 Å². The molecule has 2 saturated heterocycles. The fourth-order valence-electron chi connectivity index (χ4n) is 3.51. The Morgan fingerprint density at radius 1 is 1.08 bits per heavy atom. The average molecular weight is 341 g/mol. The number of esters is 3. The molecule has 0 unspecified atom stereocenters. The number of carbonyl (C=O) groups excluding carboxylic acids is 4. The largest absolute Gasteiger partial charge is 0.464 e. The van der Waals surface area contributed by atoms with Crippen LogP contribution in [0.3, 0.4) is 0 Å². The van der Waals surface area contributed by atoms with E-state index in [-0.39, 0.29) is 18.6 Å². The fourth-order valence-corrected chi connectivity index (χ4v) is 3.51. The molecule has 8 heteroatoms. The fraction of sp³-hybridized carbons (Fsp3) is 0.750. The molecule has 0 aliphatic carbocycles. The van der Waals surface area contributed by atoms with Crippen LogP contribution in [0.5, 0.6) is 0 Å². The Kier molecular flexibility index (Phi) is 5.80. The monoisotopic (exact) mass is 341 g/mol. The van der Waals surface area contributed by atoms with Gasteiger partial charge >= 0.3 is 17.9 Å². The topological polar surface area (TPSA) is 99.2 Å². The molecule has 2 rings (SSSR count). The molecule has 8 nitrogen and oxygen atoms in total. The molecule has 1 amide bonds. The zero-order valence-electron chi connectivity index (χ0n) is 14.1. The summed E-state index contributed by atoms with van der Waals surface area (Å²) < 4.78 is 15.8. The van der Waals surface area contributed by atoms with E-state index in [1.807, 2.05) is 0 Å². The van der Waals surface area contributed by atoms with Crippen molar-refractivity contribution in [3.8, 4) is 0 Å². The van der Waals surface area contributed by atoms with Crippen molar-refractivity contribution in [1.29, 1.82) is 0 Å². The minimum Gasteiger partial charge on any atom is -0.464 e. The molecule has 2 heterocycles. The summed E-state index contributed by atoms with van der Waals surface area (Å²) in [5, 5.41) is 0. The van der Waals surface area contributed by atoms with Crippen LogP contribution < -0.4 is 0 Å². The highest BCUT2D eigenvalue weighted by Crippen LogP contribution is 2.34. The van der Waals surface area contributed by atoms with Crippen LogP contribution in [0.15, 0.2) is 0 Å². The van der Waals surface area contributed by atoms with E-state index < -0.39 is 36.2 Å². The average Bonchev–Trinajstić information content (AvgIpc) is 2.46. The Labute approximate surface area is 140 Å². The van der Waals surface area contributed by atoms with E-state index in [4.69, 9.17) is 14.2 Å². The number of fused-ring (bicyclic) bond motifs is 1. The number of hydrogen-bond acceptors (Lipinski definition) is 7. The van der Waals surface area contributed by atoms with Crippen LogP contribution >= 0.6 is 0 Å². The number of hydrogen-bond donors (Lipinski definition) is 0. The molecule has 0 aromatic rings. The third kappa shape index (κ3) is 4.24. The van der Waals surface area contributed by atoms with E-state index in [0.29, 0.717) is 12.8 Å². The molecule has 24 heavy (non-hydrogen) atoms. The molecule has 2 fully saturated rings. The predicted octanol–water partition coefficient (Wildman–Crippen LogP) is 0.566. The molecule has 134 valence electrons.